The number of sulfonamides is 1. The molecular weight excluding hydrogens is 538 g/mol. The van der Waals surface area contributed by atoms with Crippen molar-refractivity contribution in [3.63, 3.8) is 0 Å². The van der Waals surface area contributed by atoms with Crippen LogP contribution in [0, 0.1) is 5.82 Å². The molecule has 0 heterocycles. The van der Waals surface area contributed by atoms with E-state index in [1.807, 2.05) is 0 Å². The highest BCUT2D eigenvalue weighted by molar-refractivity contribution is 7.92. The van der Waals surface area contributed by atoms with Gasteiger partial charge in [-0.05, 0) is 52.0 Å². The Hall–Kier alpha value is -2.86. The molecule has 0 fully saturated rings. The van der Waals surface area contributed by atoms with Gasteiger partial charge in [0.15, 0.2) is 0 Å². The molecule has 37 heavy (non-hydrogen) atoms. The number of amides is 2. The molecule has 0 aliphatic heterocycles. The summed E-state index contributed by atoms with van der Waals surface area (Å²) in [6, 6.07) is 6.38. The number of carbonyl (C=O) groups is 2. The van der Waals surface area contributed by atoms with Crippen molar-refractivity contribution in [2.45, 2.75) is 52.0 Å². The monoisotopic (exact) mass is 565 g/mol. The van der Waals surface area contributed by atoms with Crippen LogP contribution in [-0.4, -0.2) is 49.5 Å². The lowest BCUT2D eigenvalue weighted by Crippen LogP contribution is -2.54. The smallest absolute Gasteiger partial charge is 0.350 e. The van der Waals surface area contributed by atoms with Crippen LogP contribution in [0.3, 0.4) is 0 Å². The van der Waals surface area contributed by atoms with E-state index in [4.69, 9.17) is 11.6 Å². The van der Waals surface area contributed by atoms with Crippen LogP contribution < -0.4 is 9.62 Å². The third kappa shape index (κ3) is 8.32. The predicted octanol–water partition coefficient (Wildman–Crippen LogP) is 4.60. The topological polar surface area (TPSA) is 86.8 Å². The zero-order valence-electron chi connectivity index (χ0n) is 20.9. The number of alkyl halides is 3. The second-order valence-electron chi connectivity index (χ2n) is 9.46. The summed E-state index contributed by atoms with van der Waals surface area (Å²) in [5.74, 6) is -2.22. The van der Waals surface area contributed by atoms with E-state index in [1.54, 1.807) is 20.8 Å². The van der Waals surface area contributed by atoms with Crippen LogP contribution in [-0.2, 0) is 32.3 Å². The van der Waals surface area contributed by atoms with Gasteiger partial charge >= 0.3 is 6.18 Å². The van der Waals surface area contributed by atoms with Crippen LogP contribution in [0.2, 0.25) is 5.02 Å². The predicted molar refractivity (Wildman–Crippen MR) is 133 cm³/mol. The molecule has 2 aromatic rings. The lowest BCUT2D eigenvalue weighted by molar-refractivity contribution is -0.140. The number of nitrogens with one attached hydrogen (secondary N) is 1. The molecule has 1 atom stereocenters. The third-order valence-corrected chi connectivity index (χ3v) is 6.63. The van der Waals surface area contributed by atoms with Gasteiger partial charge in [-0.3, -0.25) is 13.9 Å². The normalized spacial score (nSPS) is 13.1. The molecule has 1 N–H and O–H groups in total. The van der Waals surface area contributed by atoms with Crippen molar-refractivity contribution in [1.82, 2.24) is 10.2 Å². The number of halogens is 5. The molecule has 2 rings (SSSR count). The molecule has 2 aromatic carbocycles. The number of nitrogens with zero attached hydrogens (tertiary/aromatic N) is 2. The molecule has 0 spiro atoms. The number of anilines is 1. The van der Waals surface area contributed by atoms with E-state index < -0.39 is 69.8 Å². The van der Waals surface area contributed by atoms with Crippen molar-refractivity contribution in [3.8, 4) is 0 Å². The van der Waals surface area contributed by atoms with Crippen LogP contribution in [0.15, 0.2) is 42.5 Å². The van der Waals surface area contributed by atoms with E-state index in [0.717, 1.165) is 17.0 Å². The minimum Gasteiger partial charge on any atom is -0.350 e. The summed E-state index contributed by atoms with van der Waals surface area (Å²) >= 11 is 6.03. The Kier molecular flexibility index (Phi) is 9.24. The fourth-order valence-electron chi connectivity index (χ4n) is 3.34. The zero-order chi connectivity index (χ0) is 28.3. The number of benzene rings is 2. The Balaban J connectivity index is 2.53. The summed E-state index contributed by atoms with van der Waals surface area (Å²) in [7, 11) is -4.33. The molecular formula is C24H28ClF4N3O4S. The van der Waals surface area contributed by atoms with Crippen molar-refractivity contribution in [1.29, 1.82) is 0 Å². The Labute approximate surface area is 218 Å². The molecule has 0 aliphatic rings. The first kappa shape index (κ1) is 30.4. The van der Waals surface area contributed by atoms with E-state index in [-0.39, 0.29) is 10.6 Å². The Morgan fingerprint density at radius 3 is 2.19 bits per heavy atom. The fraction of sp³-hybridized carbons (Fsp3) is 0.417. The van der Waals surface area contributed by atoms with Crippen molar-refractivity contribution < 1.29 is 35.6 Å². The Morgan fingerprint density at radius 1 is 1.08 bits per heavy atom. The molecule has 0 aliphatic carbocycles. The number of rotatable bonds is 8. The first-order valence-corrected chi connectivity index (χ1v) is 13.2. The molecule has 0 aromatic heterocycles. The lowest BCUT2D eigenvalue weighted by Gasteiger charge is -2.33. The second kappa shape index (κ2) is 11.3. The van der Waals surface area contributed by atoms with E-state index in [0.29, 0.717) is 22.7 Å². The van der Waals surface area contributed by atoms with Gasteiger partial charge in [-0.1, -0.05) is 29.8 Å². The Morgan fingerprint density at radius 2 is 1.68 bits per heavy atom. The summed E-state index contributed by atoms with van der Waals surface area (Å²) in [6.07, 6.45) is -4.10. The molecule has 13 heteroatoms. The SMILES string of the molecule is CC(C(=O)NC(C)(C)C)N(Cc1ccccc1F)C(=O)CN(c1cc(C(F)(F)F)ccc1Cl)S(C)(=O)=O. The van der Waals surface area contributed by atoms with Crippen molar-refractivity contribution in [2.24, 2.45) is 0 Å². The average molecular weight is 566 g/mol. The molecule has 0 radical (unpaired) electrons. The Bertz CT molecular complexity index is 1260. The van der Waals surface area contributed by atoms with Crippen LogP contribution in [0.4, 0.5) is 23.2 Å². The van der Waals surface area contributed by atoms with Gasteiger partial charge < -0.3 is 10.2 Å². The van der Waals surface area contributed by atoms with E-state index in [2.05, 4.69) is 5.32 Å². The van der Waals surface area contributed by atoms with Gasteiger partial charge in [-0.25, -0.2) is 12.8 Å². The molecule has 0 bridgehead atoms. The van der Waals surface area contributed by atoms with Gasteiger partial charge in [0.05, 0.1) is 22.5 Å². The summed E-state index contributed by atoms with van der Waals surface area (Å²) < 4.78 is 79.9. The van der Waals surface area contributed by atoms with Crippen molar-refractivity contribution >= 4 is 39.1 Å². The van der Waals surface area contributed by atoms with Crippen LogP contribution in [0.1, 0.15) is 38.8 Å². The first-order chi connectivity index (χ1) is 16.8. The molecule has 204 valence electrons. The highest BCUT2D eigenvalue weighted by Gasteiger charge is 2.35. The maximum Gasteiger partial charge on any atom is 0.416 e. The molecule has 2 amide bonds. The number of hydrogen-bond donors (Lipinski definition) is 1. The highest BCUT2D eigenvalue weighted by atomic mass is 35.5. The van der Waals surface area contributed by atoms with E-state index >= 15 is 0 Å². The summed E-state index contributed by atoms with van der Waals surface area (Å²) in [5, 5.41) is 2.36. The van der Waals surface area contributed by atoms with Gasteiger partial charge in [0.2, 0.25) is 21.8 Å². The molecule has 0 saturated heterocycles. The minimum atomic E-state index is -4.80. The molecule has 7 nitrogen and oxygen atoms in total. The first-order valence-electron chi connectivity index (χ1n) is 11.0. The maximum absolute atomic E-state index is 14.4. The summed E-state index contributed by atoms with van der Waals surface area (Å²) in [5.41, 5.74) is -2.36. The fourth-order valence-corrected chi connectivity index (χ4v) is 4.46. The van der Waals surface area contributed by atoms with Crippen molar-refractivity contribution in [3.05, 3.63) is 64.4 Å². The average Bonchev–Trinajstić information content (AvgIpc) is 2.74. The van der Waals surface area contributed by atoms with Crippen molar-refractivity contribution in [2.75, 3.05) is 17.1 Å². The zero-order valence-corrected chi connectivity index (χ0v) is 22.4. The van der Waals surface area contributed by atoms with Crippen LogP contribution in [0.25, 0.3) is 0 Å². The molecule has 0 saturated carbocycles. The van der Waals surface area contributed by atoms with Crippen LogP contribution >= 0.6 is 11.6 Å². The van der Waals surface area contributed by atoms with E-state index in [9.17, 15) is 35.6 Å². The van der Waals surface area contributed by atoms with E-state index in [1.165, 1.54) is 25.1 Å². The van der Waals surface area contributed by atoms with Gasteiger partial charge in [0.1, 0.15) is 18.4 Å². The number of hydrogen-bond acceptors (Lipinski definition) is 4. The third-order valence-electron chi connectivity index (χ3n) is 5.19. The minimum absolute atomic E-state index is 0.0502. The lowest BCUT2D eigenvalue weighted by atomic mass is 10.1. The largest absolute Gasteiger partial charge is 0.416 e. The van der Waals surface area contributed by atoms with Gasteiger partial charge in [-0.15, -0.1) is 0 Å². The standard InChI is InChI=1S/C24H28ClF4N3O4S/c1-15(22(34)30-23(2,3)4)31(13-16-8-6-7-9-19(16)26)21(33)14-32(37(5,35)36)20-12-17(24(27,28)29)10-11-18(20)25/h6-12,15H,13-14H2,1-5H3,(H,30,34). The molecule has 1 unspecified atom stereocenters. The van der Waals surface area contributed by atoms with Gasteiger partial charge in [-0.2, -0.15) is 13.2 Å². The summed E-state index contributed by atoms with van der Waals surface area (Å²) in [6.45, 7) is 5.12. The van der Waals surface area contributed by atoms with Crippen LogP contribution in [0.5, 0.6) is 0 Å². The number of carbonyl (C=O) groups excluding carboxylic acids is 2. The summed E-state index contributed by atoms with van der Waals surface area (Å²) in [4.78, 5) is 27.3. The highest BCUT2D eigenvalue weighted by Crippen LogP contribution is 2.36. The maximum atomic E-state index is 14.4. The van der Waals surface area contributed by atoms with Gasteiger partial charge in [0, 0.05) is 17.6 Å². The second-order valence-corrected chi connectivity index (χ2v) is 11.8. The van der Waals surface area contributed by atoms with Gasteiger partial charge in [0.25, 0.3) is 0 Å². The quantitative estimate of drug-likeness (QED) is 0.474.